The molecule has 0 saturated carbocycles. The molecule has 10 aromatic carbocycles. The number of hydrogen-bond acceptors (Lipinski definition) is 1. The minimum absolute atomic E-state index is 0.515. The lowest BCUT2D eigenvalue weighted by atomic mass is 9.52. The van der Waals surface area contributed by atoms with Crippen molar-refractivity contribution in [3.63, 3.8) is 0 Å². The zero-order chi connectivity index (χ0) is 41.3. The van der Waals surface area contributed by atoms with Crippen LogP contribution < -0.4 is 0 Å². The Balaban J connectivity index is 1.12. The molecule has 0 aliphatic heterocycles. The molecule has 3 aliphatic rings. The second kappa shape index (κ2) is 13.0. The van der Waals surface area contributed by atoms with E-state index in [-0.39, 0.29) is 0 Å². The maximum atomic E-state index is 2.61. The highest BCUT2D eigenvalue weighted by Crippen LogP contribution is 2.67. The normalized spacial score (nSPS) is 14.3. The zero-order valence-electron chi connectivity index (χ0n) is 34.3. The SMILES string of the molecule is c1ccc(-c2ccc(-c3c4ccccc4c(-c4ccc5c(c4)C4(c6ccccc6-c6ccccc64)c4ccccc4C54c5ccccc5-c5ccccc54)c4ccccc34)s2)cc1. The van der Waals surface area contributed by atoms with E-state index in [0.717, 1.165) is 0 Å². The van der Waals surface area contributed by atoms with Gasteiger partial charge in [-0.2, -0.15) is 0 Å². The lowest BCUT2D eigenvalue weighted by Gasteiger charge is -2.49. The Hall–Kier alpha value is -7.58. The third-order valence-corrected chi connectivity index (χ3v) is 15.7. The van der Waals surface area contributed by atoms with Crippen LogP contribution in [0.3, 0.4) is 0 Å². The van der Waals surface area contributed by atoms with Crippen LogP contribution in [0.25, 0.3) is 75.8 Å². The Morgan fingerprint density at radius 1 is 0.238 bits per heavy atom. The van der Waals surface area contributed by atoms with Gasteiger partial charge in [-0.1, -0.05) is 212 Å². The van der Waals surface area contributed by atoms with Crippen molar-refractivity contribution in [3.8, 4) is 54.3 Å². The summed E-state index contributed by atoms with van der Waals surface area (Å²) in [5.41, 5.74) is 20.1. The molecular formula is C62H38S. The monoisotopic (exact) mass is 814 g/mol. The van der Waals surface area contributed by atoms with E-state index in [4.69, 9.17) is 0 Å². The molecule has 0 nitrogen and oxygen atoms in total. The fraction of sp³-hybridized carbons (Fsp3) is 0.0323. The largest absolute Gasteiger partial charge is 0.135 e. The highest BCUT2D eigenvalue weighted by atomic mass is 32.1. The van der Waals surface area contributed by atoms with Crippen molar-refractivity contribution < 1.29 is 0 Å². The summed E-state index contributed by atoms with van der Waals surface area (Å²) < 4.78 is 0. The van der Waals surface area contributed by atoms with Gasteiger partial charge in [0.15, 0.2) is 0 Å². The third kappa shape index (κ3) is 4.44. The summed E-state index contributed by atoms with van der Waals surface area (Å²) in [6.45, 7) is 0. The maximum Gasteiger partial charge on any atom is 0.0720 e. The van der Waals surface area contributed by atoms with Crippen LogP contribution in [-0.2, 0) is 10.8 Å². The van der Waals surface area contributed by atoms with Gasteiger partial charge in [0.1, 0.15) is 0 Å². The summed E-state index contributed by atoms with van der Waals surface area (Å²) in [6.07, 6.45) is 0. The molecule has 0 atom stereocenters. The van der Waals surface area contributed by atoms with E-state index in [9.17, 15) is 0 Å². The van der Waals surface area contributed by atoms with E-state index in [1.54, 1.807) is 0 Å². The average Bonchev–Trinajstić information content (AvgIpc) is 4.04. The highest BCUT2D eigenvalue weighted by molar-refractivity contribution is 7.19. The summed E-state index contributed by atoms with van der Waals surface area (Å²) in [6, 6.07) is 87.4. The van der Waals surface area contributed by atoms with Crippen molar-refractivity contribution in [2.24, 2.45) is 0 Å². The fourth-order valence-corrected chi connectivity index (χ4v) is 13.4. The first kappa shape index (κ1) is 35.1. The minimum Gasteiger partial charge on any atom is -0.135 e. The van der Waals surface area contributed by atoms with Crippen LogP contribution in [0.5, 0.6) is 0 Å². The van der Waals surface area contributed by atoms with E-state index in [0.29, 0.717) is 0 Å². The van der Waals surface area contributed by atoms with Crippen LogP contribution in [0, 0.1) is 0 Å². The van der Waals surface area contributed by atoms with Crippen molar-refractivity contribution >= 4 is 32.9 Å². The molecule has 0 unspecified atom stereocenters. The Kier molecular flexibility index (Phi) is 7.22. The molecule has 0 N–H and O–H groups in total. The molecule has 14 rings (SSSR count). The van der Waals surface area contributed by atoms with Crippen LogP contribution >= 0.6 is 11.3 Å². The topological polar surface area (TPSA) is 0 Å². The Morgan fingerprint density at radius 2 is 0.603 bits per heavy atom. The van der Waals surface area contributed by atoms with E-state index in [2.05, 4.69) is 231 Å². The zero-order valence-corrected chi connectivity index (χ0v) is 35.2. The summed E-state index contributed by atoms with van der Waals surface area (Å²) in [5, 5.41) is 5.09. The van der Waals surface area contributed by atoms with Crippen molar-refractivity contribution in [2.75, 3.05) is 0 Å². The van der Waals surface area contributed by atoms with Crippen molar-refractivity contribution in [1.29, 1.82) is 0 Å². The molecular weight excluding hydrogens is 777 g/mol. The van der Waals surface area contributed by atoms with Gasteiger partial charge in [-0.05, 0) is 123 Å². The summed E-state index contributed by atoms with van der Waals surface area (Å²) in [7, 11) is 0. The first-order chi connectivity index (χ1) is 31.3. The van der Waals surface area contributed by atoms with Gasteiger partial charge in [0.25, 0.3) is 0 Å². The van der Waals surface area contributed by atoms with Crippen LogP contribution in [0.1, 0.15) is 44.5 Å². The molecule has 0 bridgehead atoms. The number of benzene rings is 10. The smallest absolute Gasteiger partial charge is 0.0720 e. The van der Waals surface area contributed by atoms with Gasteiger partial charge >= 0.3 is 0 Å². The van der Waals surface area contributed by atoms with Gasteiger partial charge in [0, 0.05) is 15.3 Å². The standard InChI is InChI=1S/C62H38S/c1-2-18-39(19-3-1)57-36-37-58(63-57)60-47-26-6-4-24-45(47)59(46-25-5-7-27-48(46)60)40-34-35-55-56(38-40)62(51-30-14-10-22-43(51)44-23-11-15-31-52(44)62)54-33-17-16-32-53(54)61(55)49-28-12-8-20-41(49)42-21-9-13-29-50(42)61/h1-38H. The van der Waals surface area contributed by atoms with E-state index in [1.807, 2.05) is 11.3 Å². The lowest BCUT2D eigenvalue weighted by Crippen LogP contribution is -2.43. The van der Waals surface area contributed by atoms with Gasteiger partial charge in [-0.15, -0.1) is 11.3 Å². The molecule has 1 heterocycles. The molecule has 0 saturated heterocycles. The lowest BCUT2D eigenvalue weighted by molar-refractivity contribution is 0.633. The Bertz CT molecular complexity index is 3550. The second-order valence-electron chi connectivity index (χ2n) is 17.4. The predicted octanol–water partition coefficient (Wildman–Crippen LogP) is 16.1. The first-order valence-corrected chi connectivity index (χ1v) is 22.8. The van der Waals surface area contributed by atoms with E-state index < -0.39 is 10.8 Å². The van der Waals surface area contributed by atoms with Crippen molar-refractivity contribution in [2.45, 2.75) is 10.8 Å². The highest BCUT2D eigenvalue weighted by Gasteiger charge is 2.59. The first-order valence-electron chi connectivity index (χ1n) is 22.0. The predicted molar refractivity (Wildman–Crippen MR) is 264 cm³/mol. The molecule has 1 heteroatoms. The summed E-state index contributed by atoms with van der Waals surface area (Å²) in [5.74, 6) is 0. The van der Waals surface area contributed by atoms with Crippen molar-refractivity contribution in [1.82, 2.24) is 0 Å². The average molecular weight is 815 g/mol. The Labute approximate surface area is 371 Å². The van der Waals surface area contributed by atoms with Gasteiger partial charge in [0.05, 0.1) is 10.8 Å². The third-order valence-electron chi connectivity index (χ3n) is 14.6. The second-order valence-corrected chi connectivity index (χ2v) is 18.4. The minimum atomic E-state index is -0.552. The van der Waals surface area contributed by atoms with Crippen LogP contribution in [-0.4, -0.2) is 0 Å². The number of hydrogen-bond donors (Lipinski definition) is 0. The number of rotatable bonds is 3. The summed E-state index contributed by atoms with van der Waals surface area (Å²) in [4.78, 5) is 2.57. The van der Waals surface area contributed by atoms with Crippen LogP contribution in [0.4, 0.5) is 0 Å². The number of fused-ring (bicyclic) bond motifs is 18. The number of thiophene rings is 1. The van der Waals surface area contributed by atoms with Gasteiger partial charge in [0.2, 0.25) is 0 Å². The molecule has 3 aliphatic carbocycles. The fourth-order valence-electron chi connectivity index (χ4n) is 12.3. The molecule has 11 aromatic rings. The molecule has 292 valence electrons. The molecule has 2 spiro atoms. The van der Waals surface area contributed by atoms with E-state index in [1.165, 1.54) is 120 Å². The quantitative estimate of drug-likeness (QED) is 0.156. The molecule has 1 aromatic heterocycles. The maximum absolute atomic E-state index is 2.61. The van der Waals surface area contributed by atoms with Gasteiger partial charge in [-0.25, -0.2) is 0 Å². The molecule has 0 fully saturated rings. The molecule has 63 heavy (non-hydrogen) atoms. The molecule has 0 amide bonds. The van der Waals surface area contributed by atoms with E-state index >= 15 is 0 Å². The van der Waals surface area contributed by atoms with Crippen molar-refractivity contribution in [3.05, 3.63) is 275 Å². The molecule has 0 radical (unpaired) electrons. The van der Waals surface area contributed by atoms with Gasteiger partial charge < -0.3 is 0 Å². The van der Waals surface area contributed by atoms with Gasteiger partial charge in [-0.3, -0.25) is 0 Å². The van der Waals surface area contributed by atoms with Crippen LogP contribution in [0.15, 0.2) is 231 Å². The summed E-state index contributed by atoms with van der Waals surface area (Å²) >= 11 is 1.88. The Morgan fingerprint density at radius 3 is 1.10 bits per heavy atom. The van der Waals surface area contributed by atoms with Crippen LogP contribution in [0.2, 0.25) is 0 Å².